The average Bonchev–Trinajstić information content (AvgIpc) is 3.01. The Kier molecular flexibility index (Phi) is 4.88. The fourth-order valence-corrected chi connectivity index (χ4v) is 2.78. The van der Waals surface area contributed by atoms with Crippen LogP contribution < -0.4 is 9.47 Å². The van der Waals surface area contributed by atoms with Gasteiger partial charge >= 0.3 is 5.97 Å². The smallest absolute Gasteiger partial charge is 0.341 e. The van der Waals surface area contributed by atoms with E-state index in [1.54, 1.807) is 25.3 Å². The highest BCUT2D eigenvalue weighted by Crippen LogP contribution is 2.36. The molecular weight excluding hydrogens is 256 g/mol. The van der Waals surface area contributed by atoms with Gasteiger partial charge in [-0.25, -0.2) is 4.79 Å². The van der Waals surface area contributed by atoms with Crippen LogP contribution in [0, 0.1) is 5.92 Å². The van der Waals surface area contributed by atoms with Crippen LogP contribution in [0.15, 0.2) is 18.2 Å². The molecule has 1 fully saturated rings. The van der Waals surface area contributed by atoms with Crippen molar-refractivity contribution in [1.29, 1.82) is 0 Å². The third-order valence-corrected chi connectivity index (χ3v) is 3.97. The van der Waals surface area contributed by atoms with Gasteiger partial charge in [0.1, 0.15) is 5.56 Å². The maximum atomic E-state index is 11.8. The van der Waals surface area contributed by atoms with Crippen molar-refractivity contribution < 1.29 is 19.0 Å². The molecule has 0 radical (unpaired) electrons. The molecule has 0 aliphatic heterocycles. The van der Waals surface area contributed by atoms with E-state index in [1.165, 1.54) is 32.8 Å². The van der Waals surface area contributed by atoms with Gasteiger partial charge in [-0.15, -0.1) is 0 Å². The Bertz CT molecular complexity index is 464. The van der Waals surface area contributed by atoms with E-state index in [4.69, 9.17) is 14.2 Å². The van der Waals surface area contributed by atoms with E-state index in [-0.39, 0.29) is 6.10 Å². The average molecular weight is 278 g/mol. The predicted molar refractivity (Wildman–Crippen MR) is 76.4 cm³/mol. The minimum atomic E-state index is -0.405. The second kappa shape index (κ2) is 6.64. The zero-order valence-electron chi connectivity index (χ0n) is 12.3. The molecule has 0 bridgehead atoms. The van der Waals surface area contributed by atoms with E-state index >= 15 is 0 Å². The number of methoxy groups -OCH3 is 2. The second-order valence-corrected chi connectivity index (χ2v) is 5.20. The first-order valence-corrected chi connectivity index (χ1v) is 7.09. The van der Waals surface area contributed by atoms with Crippen molar-refractivity contribution in [2.75, 3.05) is 14.2 Å². The molecule has 0 saturated heterocycles. The van der Waals surface area contributed by atoms with Crippen molar-refractivity contribution in [2.24, 2.45) is 5.92 Å². The van der Waals surface area contributed by atoms with Gasteiger partial charge in [0.05, 0.1) is 20.3 Å². The second-order valence-electron chi connectivity index (χ2n) is 5.20. The standard InChI is InChI=1S/C16H22O4/c1-11(12-7-4-5-8-12)20-15-13(16(17)19-3)9-6-10-14(15)18-2/h6,9-12H,4-5,7-8H2,1-3H3. The zero-order chi connectivity index (χ0) is 14.5. The summed E-state index contributed by atoms with van der Waals surface area (Å²) in [7, 11) is 2.94. The summed E-state index contributed by atoms with van der Waals surface area (Å²) in [6.07, 6.45) is 4.95. The van der Waals surface area contributed by atoms with Gasteiger partial charge in [-0.2, -0.15) is 0 Å². The topological polar surface area (TPSA) is 44.8 Å². The first-order valence-electron chi connectivity index (χ1n) is 7.09. The molecule has 0 N–H and O–H groups in total. The molecule has 1 saturated carbocycles. The van der Waals surface area contributed by atoms with Crippen LogP contribution in [-0.4, -0.2) is 26.3 Å². The lowest BCUT2D eigenvalue weighted by Gasteiger charge is -2.23. The van der Waals surface area contributed by atoms with Gasteiger partial charge < -0.3 is 14.2 Å². The number of carbonyl (C=O) groups is 1. The van der Waals surface area contributed by atoms with Crippen LogP contribution in [0.3, 0.4) is 0 Å². The number of hydrogen-bond donors (Lipinski definition) is 0. The molecular formula is C16H22O4. The fourth-order valence-electron chi connectivity index (χ4n) is 2.78. The largest absolute Gasteiger partial charge is 0.493 e. The molecule has 1 unspecified atom stereocenters. The molecule has 20 heavy (non-hydrogen) atoms. The van der Waals surface area contributed by atoms with E-state index in [0.717, 1.165) is 0 Å². The predicted octanol–water partition coefficient (Wildman–Crippen LogP) is 3.44. The number of ether oxygens (including phenoxy) is 3. The fraction of sp³-hybridized carbons (Fsp3) is 0.562. The van der Waals surface area contributed by atoms with Crippen molar-refractivity contribution in [3.63, 3.8) is 0 Å². The van der Waals surface area contributed by atoms with E-state index in [2.05, 4.69) is 6.92 Å². The minimum absolute atomic E-state index is 0.0669. The van der Waals surface area contributed by atoms with Gasteiger partial charge in [-0.3, -0.25) is 0 Å². The van der Waals surface area contributed by atoms with Crippen LogP contribution in [0.5, 0.6) is 11.5 Å². The lowest BCUT2D eigenvalue weighted by atomic mass is 10.0. The summed E-state index contributed by atoms with van der Waals surface area (Å²) in [5, 5.41) is 0. The summed E-state index contributed by atoms with van der Waals surface area (Å²) in [5.74, 6) is 1.20. The summed E-state index contributed by atoms with van der Waals surface area (Å²) >= 11 is 0. The monoisotopic (exact) mass is 278 g/mol. The molecule has 2 rings (SSSR count). The summed E-state index contributed by atoms with van der Waals surface area (Å²) in [4.78, 5) is 11.8. The lowest BCUT2D eigenvalue weighted by Crippen LogP contribution is -2.22. The van der Waals surface area contributed by atoms with Gasteiger partial charge in [0.15, 0.2) is 11.5 Å². The first-order chi connectivity index (χ1) is 9.67. The summed E-state index contributed by atoms with van der Waals surface area (Å²) in [6, 6.07) is 5.26. The molecule has 1 aliphatic rings. The quantitative estimate of drug-likeness (QED) is 0.774. The van der Waals surface area contributed by atoms with Crippen molar-refractivity contribution in [1.82, 2.24) is 0 Å². The van der Waals surface area contributed by atoms with Crippen molar-refractivity contribution in [3.05, 3.63) is 23.8 Å². The maximum absolute atomic E-state index is 11.8. The van der Waals surface area contributed by atoms with E-state index in [9.17, 15) is 4.79 Å². The molecule has 0 aromatic heterocycles. The number of esters is 1. The Morgan fingerprint density at radius 3 is 2.55 bits per heavy atom. The third-order valence-electron chi connectivity index (χ3n) is 3.97. The zero-order valence-corrected chi connectivity index (χ0v) is 12.3. The van der Waals surface area contributed by atoms with Gasteiger partial charge in [-0.1, -0.05) is 18.9 Å². The van der Waals surface area contributed by atoms with Crippen molar-refractivity contribution in [3.8, 4) is 11.5 Å². The molecule has 0 spiro atoms. The highest BCUT2D eigenvalue weighted by atomic mass is 16.5. The van der Waals surface area contributed by atoms with E-state index in [1.807, 2.05) is 0 Å². The Hall–Kier alpha value is -1.71. The normalized spacial score (nSPS) is 16.8. The van der Waals surface area contributed by atoms with E-state index in [0.29, 0.717) is 23.0 Å². The van der Waals surface area contributed by atoms with Gasteiger partial charge in [0.2, 0.25) is 0 Å². The summed E-state index contributed by atoms with van der Waals surface area (Å²) in [5.41, 5.74) is 0.414. The molecule has 1 aliphatic carbocycles. The first kappa shape index (κ1) is 14.7. The maximum Gasteiger partial charge on any atom is 0.341 e. The molecule has 4 heteroatoms. The summed E-state index contributed by atoms with van der Waals surface area (Å²) in [6.45, 7) is 2.06. The molecule has 1 aromatic carbocycles. The Labute approximate surface area is 120 Å². The van der Waals surface area contributed by atoms with Crippen LogP contribution in [0.1, 0.15) is 43.0 Å². The Balaban J connectivity index is 2.25. The molecule has 110 valence electrons. The number of carbonyl (C=O) groups excluding carboxylic acids is 1. The van der Waals surface area contributed by atoms with Gasteiger partial charge in [-0.05, 0) is 37.8 Å². The van der Waals surface area contributed by atoms with Crippen molar-refractivity contribution >= 4 is 5.97 Å². The molecule has 4 nitrogen and oxygen atoms in total. The number of rotatable bonds is 5. The number of para-hydroxylation sites is 1. The highest BCUT2D eigenvalue weighted by molar-refractivity contribution is 5.93. The van der Waals surface area contributed by atoms with E-state index < -0.39 is 5.97 Å². The summed E-state index contributed by atoms with van der Waals surface area (Å²) < 4.78 is 16.2. The van der Waals surface area contributed by atoms with Crippen LogP contribution in [-0.2, 0) is 4.74 Å². The molecule has 1 atom stereocenters. The van der Waals surface area contributed by atoms with Crippen LogP contribution >= 0.6 is 0 Å². The number of hydrogen-bond acceptors (Lipinski definition) is 4. The number of benzene rings is 1. The van der Waals surface area contributed by atoms with Crippen LogP contribution in [0.2, 0.25) is 0 Å². The molecule has 0 amide bonds. The lowest BCUT2D eigenvalue weighted by molar-refractivity contribution is 0.0588. The van der Waals surface area contributed by atoms with Crippen LogP contribution in [0.25, 0.3) is 0 Å². The minimum Gasteiger partial charge on any atom is -0.493 e. The highest BCUT2D eigenvalue weighted by Gasteiger charge is 2.26. The van der Waals surface area contributed by atoms with Crippen LogP contribution in [0.4, 0.5) is 0 Å². The SMILES string of the molecule is COC(=O)c1cccc(OC)c1OC(C)C1CCCC1. The molecule has 1 aromatic rings. The van der Waals surface area contributed by atoms with Gasteiger partial charge in [0.25, 0.3) is 0 Å². The Morgan fingerprint density at radius 2 is 1.95 bits per heavy atom. The Morgan fingerprint density at radius 1 is 1.25 bits per heavy atom. The van der Waals surface area contributed by atoms with Crippen molar-refractivity contribution in [2.45, 2.75) is 38.7 Å². The molecule has 0 heterocycles. The van der Waals surface area contributed by atoms with Gasteiger partial charge in [0, 0.05) is 0 Å². The third kappa shape index (κ3) is 3.06.